The quantitative estimate of drug-likeness (QED) is 0.0233. The van der Waals surface area contributed by atoms with E-state index in [1.54, 1.807) is 19.9 Å². The molecule has 3 rings (SSSR count). The number of unbranched alkanes of at least 4 members (excludes halogenated alkanes) is 1. The van der Waals surface area contributed by atoms with E-state index in [2.05, 4.69) is 95.0 Å². The summed E-state index contributed by atoms with van der Waals surface area (Å²) in [7, 11) is 0. The van der Waals surface area contributed by atoms with Crippen molar-refractivity contribution in [1.29, 1.82) is 0 Å². The Kier molecular flexibility index (Phi) is 53.3. The molecule has 3 aromatic rings. The Morgan fingerprint density at radius 1 is 0.368 bits per heavy atom. The molecule has 20 atom stereocenters. The zero-order chi connectivity index (χ0) is 109. The molecule has 0 aliphatic heterocycles. The zero-order valence-corrected chi connectivity index (χ0v) is 80.5. The van der Waals surface area contributed by atoms with Crippen molar-refractivity contribution in [1.82, 2.24) is 106 Å². The van der Waals surface area contributed by atoms with Crippen molar-refractivity contribution in [3.8, 4) is 5.75 Å². The third-order valence-electron chi connectivity index (χ3n) is 21.5. The Morgan fingerprint density at radius 2 is 0.736 bits per heavy atom. The number of aromatic hydroxyl groups is 1. The molecule has 144 heavy (non-hydrogen) atoms. The molecule has 56 heteroatoms. The second-order valence-electron chi connectivity index (χ2n) is 34.5. The van der Waals surface area contributed by atoms with Crippen LogP contribution in [0.5, 0.6) is 5.75 Å². The molecule has 0 unspecified atom stereocenters. The first-order valence-electron chi connectivity index (χ1n) is 45.7. The molecular weight excluding hydrogens is 1910 g/mol. The summed E-state index contributed by atoms with van der Waals surface area (Å²) in [4.78, 5) is 315. The van der Waals surface area contributed by atoms with Crippen LogP contribution < -0.4 is 113 Å². The van der Waals surface area contributed by atoms with Crippen molar-refractivity contribution in [2.24, 2.45) is 29.0 Å². The Bertz CT molecular complexity index is 4900. The van der Waals surface area contributed by atoms with Gasteiger partial charge in [0.1, 0.15) is 108 Å². The van der Waals surface area contributed by atoms with Crippen LogP contribution in [0.2, 0.25) is 0 Å². The zero-order valence-electron chi connectivity index (χ0n) is 80.5. The van der Waals surface area contributed by atoms with Crippen LogP contribution in [0.15, 0.2) is 67.1 Å². The maximum Gasteiger partial charge on any atom is 0.326 e. The molecule has 0 aliphatic rings. The first-order valence-corrected chi connectivity index (χ1v) is 45.7. The molecular formula is C88H133N23O33. The summed E-state index contributed by atoms with van der Waals surface area (Å²) in [6.07, 6.45) is -6.46. The predicted octanol–water partition coefficient (Wildman–Crippen LogP) is -12.0. The summed E-state index contributed by atoms with van der Waals surface area (Å²) in [5.74, 6) is -30.6. The summed E-state index contributed by atoms with van der Waals surface area (Å²) >= 11 is 0. The summed E-state index contributed by atoms with van der Waals surface area (Å²) in [6.45, 7) is 6.74. The lowest BCUT2D eigenvalue weighted by atomic mass is 10.00. The van der Waals surface area contributed by atoms with Crippen molar-refractivity contribution in [2.45, 2.75) is 273 Å². The molecule has 1 aromatic heterocycles. The predicted molar refractivity (Wildman–Crippen MR) is 499 cm³/mol. The third-order valence-corrected chi connectivity index (χ3v) is 21.5. The molecule has 798 valence electrons. The van der Waals surface area contributed by atoms with E-state index in [-0.39, 0.29) is 37.1 Å². The lowest BCUT2D eigenvalue weighted by Crippen LogP contribution is -2.63. The van der Waals surface area contributed by atoms with Gasteiger partial charge in [-0.3, -0.25) is 105 Å². The Morgan fingerprint density at radius 3 is 1.19 bits per heavy atom. The minimum absolute atomic E-state index is 0.0278. The van der Waals surface area contributed by atoms with Crippen LogP contribution in [0.1, 0.15) is 150 Å². The molecule has 0 radical (unpaired) electrons. The topological polar surface area (TPSA) is 918 Å². The molecule has 0 fully saturated rings. The van der Waals surface area contributed by atoms with Crippen LogP contribution in [0, 0.1) is 11.8 Å². The number of carboxylic acid groups (broad SMARTS) is 4. The largest absolute Gasteiger partial charge is 0.508 e. The number of amides is 19. The van der Waals surface area contributed by atoms with Crippen molar-refractivity contribution in [3.63, 3.8) is 0 Å². The van der Waals surface area contributed by atoms with Crippen LogP contribution >= 0.6 is 0 Å². The van der Waals surface area contributed by atoms with Gasteiger partial charge in [-0.15, -0.1) is 0 Å². The van der Waals surface area contributed by atoms with Gasteiger partial charge >= 0.3 is 23.9 Å². The highest BCUT2D eigenvalue weighted by Gasteiger charge is 2.42. The number of nitrogens with two attached hydrogens (primary N) is 3. The fourth-order valence-electron chi connectivity index (χ4n) is 13.5. The first kappa shape index (κ1) is 123. The Labute approximate surface area is 824 Å². The number of aliphatic carboxylic acids is 4. The van der Waals surface area contributed by atoms with E-state index in [1.807, 2.05) is 10.6 Å². The molecule has 0 aliphatic carbocycles. The number of H-pyrrole nitrogens is 1. The average molecular weight is 2040 g/mol. The maximum atomic E-state index is 14.6. The van der Waals surface area contributed by atoms with E-state index < -0.39 is 353 Å². The SMILES string of the molecule is CC(C)C[C@H](NC(=O)[C@H](Cc1ccc(O)cc1)NC(=O)[C@H](CO)NC(=O)[C@H](CO)NC(=O)[C@@H](NC(=O)[C@H](CC(=O)O)NC(=O)[C@H](CO)NC(=O)[C@@H](NC(=O)[C@H](Cc1ccccc1)NC(=O)[C@@H](NC(=O)[C@H](CCC(=O)O)NC(=O)[C@H](C)NC(=O)[C@@H](N)Cc1c[nH]cn1)[C@@H](C)O)[C@@H](C)O)C(C)C)C(=O)N[C@@H](CCC(=O)O)C(=O)NCC(=O)N[C@@H](CCC(N)=O)C(=O)N[C@@H](C)C(=O)N[C@@H](C)C(=O)N[C@@H](CCCCN)C(=O)O. The highest BCUT2D eigenvalue weighted by Crippen LogP contribution is 2.17. The lowest BCUT2D eigenvalue weighted by Gasteiger charge is -2.29. The van der Waals surface area contributed by atoms with Crippen LogP contribution in [-0.4, -0.2) is 351 Å². The maximum absolute atomic E-state index is 14.6. The number of benzene rings is 2. The number of carboxylic acids is 4. The monoisotopic (exact) mass is 2040 g/mol. The van der Waals surface area contributed by atoms with Crippen LogP contribution in [0.4, 0.5) is 0 Å². The number of primary amides is 1. The van der Waals surface area contributed by atoms with E-state index in [1.165, 1.54) is 95.7 Å². The molecule has 0 bridgehead atoms. The Balaban J connectivity index is 1.83. The lowest BCUT2D eigenvalue weighted by molar-refractivity contribution is -0.142. The van der Waals surface area contributed by atoms with Gasteiger partial charge in [-0.1, -0.05) is 70.2 Å². The molecule has 2 aromatic carbocycles. The second kappa shape index (κ2) is 62.3. The fourth-order valence-corrected chi connectivity index (χ4v) is 13.5. The van der Waals surface area contributed by atoms with Crippen LogP contribution in [-0.2, 0) is 130 Å². The second-order valence-corrected chi connectivity index (χ2v) is 34.5. The van der Waals surface area contributed by atoms with Gasteiger partial charge in [0.15, 0.2) is 0 Å². The average Bonchev–Trinajstić information content (AvgIpc) is 1.08. The minimum Gasteiger partial charge on any atom is -0.508 e. The van der Waals surface area contributed by atoms with Crippen molar-refractivity contribution >= 4 is 136 Å². The first-order chi connectivity index (χ1) is 67.6. The number of phenols is 1. The molecule has 0 saturated heterocycles. The number of aliphatic hydroxyl groups excluding tert-OH is 5. The number of nitrogens with zero attached hydrogens (tertiary/aromatic N) is 1. The van der Waals surface area contributed by atoms with E-state index in [0.717, 1.165) is 13.8 Å². The molecule has 1 heterocycles. The number of hydrogen-bond donors (Lipinski definition) is 32. The van der Waals surface area contributed by atoms with Crippen LogP contribution in [0.25, 0.3) is 0 Å². The number of hydrogen-bond acceptors (Lipinski definition) is 32. The van der Waals surface area contributed by atoms with Gasteiger partial charge < -0.3 is 169 Å². The summed E-state index contributed by atoms with van der Waals surface area (Å²) in [5, 5.41) is 143. The number of imidazole rings is 1. The van der Waals surface area contributed by atoms with Gasteiger partial charge in [0, 0.05) is 44.7 Å². The highest BCUT2D eigenvalue weighted by atomic mass is 16.4. The molecule has 56 nitrogen and oxygen atoms in total. The number of carbonyl (C=O) groups is 23. The number of carbonyl (C=O) groups excluding carboxylic acids is 19. The highest BCUT2D eigenvalue weighted by molar-refractivity contribution is 6.02. The minimum atomic E-state index is -2.22. The number of aromatic amines is 1. The van der Waals surface area contributed by atoms with E-state index >= 15 is 0 Å². The molecule has 35 N–H and O–H groups in total. The van der Waals surface area contributed by atoms with Crippen LogP contribution in [0.3, 0.4) is 0 Å². The van der Waals surface area contributed by atoms with Crippen molar-refractivity contribution < 1.29 is 161 Å². The molecule has 0 spiro atoms. The fraction of sp³-hybridized carbons (Fsp3) is 0.568. The standard InChI is InChI=1S/C88H133N23O33/c1-40(2)29-56(78(133)100-52(23-26-65(120)121)75(130)93-35-64(119)98-53(22-25-63(91)118)76(131)97-42(5)71(126)95-43(6)73(128)101-55(88(143)144)17-13-14-28-89)102-79(134)57(31-48-18-20-50(117)21-19-48)103-82(137)60(36-112)106-84(139)62(38-114)107-85(140)68(41(3)4)109-81(136)59(33-67(124)125)104-83(138)61(37-113)108-87(142)70(46(9)116)111-80(135)58(30-47-15-11-10-12-16-47)105-86(141)69(45(8)115)110-77(132)54(24-27-66(122)123)99-72(127)44(7)96-74(129)51(90)32-49-34-92-39-94-49/h10-12,15-16,18-21,34,39-46,51-62,68-70,112-117H,13-14,17,22-33,35-38,89-90H2,1-9H3,(H2,91,118)(H,92,94)(H,93,130)(H,95,126)(H,96,129)(H,97,131)(H,98,119)(H,99,127)(H,100,133)(H,101,128)(H,102,134)(H,103,137)(H,104,138)(H,105,141)(H,106,139)(H,107,140)(H,108,142)(H,109,136)(H,110,132)(H,111,135)(H,120,121)(H,122,123)(H,124,125)(H,143,144)/t42-,43-,44-,45+,46+,51-,52-,53-,54-,55-,56-,57-,58-,59-,60-,61-,62-,68-,69-,70-/m0/s1. The van der Waals surface area contributed by atoms with Gasteiger partial charge in [0.2, 0.25) is 112 Å². The van der Waals surface area contributed by atoms with Crippen molar-refractivity contribution in [2.75, 3.05) is 32.9 Å². The third kappa shape index (κ3) is 44.4. The van der Waals surface area contributed by atoms with E-state index in [9.17, 15) is 161 Å². The number of rotatable bonds is 66. The number of aromatic nitrogens is 2. The smallest absolute Gasteiger partial charge is 0.326 e. The number of phenolic OH excluding ortho intramolecular Hbond substituents is 1. The number of nitrogens with one attached hydrogen (secondary N) is 19. The van der Waals surface area contributed by atoms with Gasteiger partial charge in [-0.25, -0.2) is 9.78 Å². The molecule has 0 saturated carbocycles. The molecule has 19 amide bonds. The normalized spacial score (nSPS) is 15.3. The van der Waals surface area contributed by atoms with Gasteiger partial charge in [-0.2, -0.15) is 0 Å². The van der Waals surface area contributed by atoms with Crippen molar-refractivity contribution in [3.05, 3.63) is 83.9 Å². The van der Waals surface area contributed by atoms with Gasteiger partial charge in [0.25, 0.3) is 0 Å². The van der Waals surface area contributed by atoms with E-state index in [4.69, 9.17) is 17.2 Å². The summed E-state index contributed by atoms with van der Waals surface area (Å²) in [6, 6.07) is -19.2. The summed E-state index contributed by atoms with van der Waals surface area (Å²) in [5.41, 5.74) is 17.7. The Hall–Kier alpha value is -15.0. The van der Waals surface area contributed by atoms with Gasteiger partial charge in [-0.05, 0) is 121 Å². The summed E-state index contributed by atoms with van der Waals surface area (Å²) < 4.78 is 0. The van der Waals surface area contributed by atoms with Gasteiger partial charge in [0.05, 0.1) is 63.1 Å². The van der Waals surface area contributed by atoms with E-state index in [0.29, 0.717) is 24.1 Å². The number of aliphatic hydroxyl groups is 5.